The predicted octanol–water partition coefficient (Wildman–Crippen LogP) is 2.94. The molecular formula is C15H11ClF5N3O2S. The Morgan fingerprint density at radius 1 is 0.926 bits per heavy atom. The lowest BCUT2D eigenvalue weighted by atomic mass is 10.2. The van der Waals surface area contributed by atoms with Crippen LogP contribution in [-0.2, 0) is 10.0 Å². The first-order valence-electron chi connectivity index (χ1n) is 7.53. The molecule has 1 saturated heterocycles. The molecule has 1 aliphatic rings. The van der Waals surface area contributed by atoms with Crippen LogP contribution in [0, 0.1) is 29.3 Å². The summed E-state index contributed by atoms with van der Waals surface area (Å²) in [5, 5.41) is -0.374. The first kappa shape index (κ1) is 19.8. The third-order valence-corrected chi connectivity index (χ3v) is 6.24. The highest BCUT2D eigenvalue weighted by atomic mass is 35.5. The minimum absolute atomic E-state index is 0.220. The zero-order chi connectivity index (χ0) is 19.9. The molecule has 0 spiro atoms. The zero-order valence-electron chi connectivity index (χ0n) is 13.4. The van der Waals surface area contributed by atoms with Gasteiger partial charge in [-0.2, -0.15) is 26.9 Å². The third-order valence-electron chi connectivity index (χ3n) is 4.06. The van der Waals surface area contributed by atoms with Gasteiger partial charge in [-0.05, 0) is 18.2 Å². The van der Waals surface area contributed by atoms with E-state index < -0.39 is 45.1 Å². The van der Waals surface area contributed by atoms with Gasteiger partial charge in [-0.25, -0.2) is 12.8 Å². The highest BCUT2D eigenvalue weighted by Crippen LogP contribution is 2.29. The molecular weight excluding hydrogens is 417 g/mol. The summed E-state index contributed by atoms with van der Waals surface area (Å²) in [4.78, 5) is 3.22. The molecule has 0 atom stereocenters. The summed E-state index contributed by atoms with van der Waals surface area (Å²) in [6.07, 6.45) is 0. The van der Waals surface area contributed by atoms with Gasteiger partial charge in [-0.15, -0.1) is 0 Å². The minimum atomic E-state index is -4.04. The van der Waals surface area contributed by atoms with Gasteiger partial charge in [0.05, 0.1) is 9.92 Å². The summed E-state index contributed by atoms with van der Waals surface area (Å²) in [5.74, 6) is -7.68. The van der Waals surface area contributed by atoms with E-state index in [4.69, 9.17) is 11.6 Å². The maximum atomic E-state index is 13.8. The summed E-state index contributed by atoms with van der Waals surface area (Å²) in [6.45, 7) is -0.903. The Labute approximate surface area is 156 Å². The molecule has 0 aliphatic carbocycles. The number of piperazine rings is 1. The summed E-state index contributed by atoms with van der Waals surface area (Å²) >= 11 is 5.60. The summed E-state index contributed by atoms with van der Waals surface area (Å²) in [6, 6.07) is 2.89. The standard InChI is InChI=1S/C15H11ClF5N3O2S/c16-9-7-8(1-2-10(9)17)27(25,26)24-5-3-23(4-6-24)13-11(18)14(20)22-15(21)12(13)19/h1-2,7H,3-6H2. The van der Waals surface area contributed by atoms with Gasteiger partial charge in [-0.3, -0.25) is 0 Å². The Hall–Kier alpha value is -1.98. The van der Waals surface area contributed by atoms with Gasteiger partial charge < -0.3 is 4.90 Å². The van der Waals surface area contributed by atoms with E-state index >= 15 is 0 Å². The Kier molecular flexibility index (Phi) is 5.28. The van der Waals surface area contributed by atoms with Crippen molar-refractivity contribution in [2.75, 3.05) is 31.1 Å². The molecule has 0 radical (unpaired) electrons. The predicted molar refractivity (Wildman–Crippen MR) is 86.5 cm³/mol. The summed E-state index contributed by atoms with van der Waals surface area (Å²) < 4.78 is 93.6. The molecule has 0 saturated carbocycles. The van der Waals surface area contributed by atoms with Crippen LogP contribution in [-0.4, -0.2) is 43.9 Å². The van der Waals surface area contributed by atoms with Crippen molar-refractivity contribution >= 4 is 27.3 Å². The number of rotatable bonds is 3. The van der Waals surface area contributed by atoms with Gasteiger partial charge in [0, 0.05) is 26.2 Å². The van der Waals surface area contributed by atoms with Crippen molar-refractivity contribution in [3.05, 3.63) is 52.6 Å². The summed E-state index contributed by atoms with van der Waals surface area (Å²) in [5.41, 5.74) is -0.943. The van der Waals surface area contributed by atoms with Crippen LogP contribution in [0.25, 0.3) is 0 Å². The second-order valence-electron chi connectivity index (χ2n) is 5.64. The van der Waals surface area contributed by atoms with Crippen molar-refractivity contribution in [3.8, 4) is 0 Å². The van der Waals surface area contributed by atoms with Crippen LogP contribution in [0.1, 0.15) is 0 Å². The number of benzene rings is 1. The van der Waals surface area contributed by atoms with Crippen LogP contribution < -0.4 is 4.90 Å². The molecule has 12 heteroatoms. The third kappa shape index (κ3) is 3.58. The molecule has 2 heterocycles. The van der Waals surface area contributed by atoms with E-state index in [9.17, 15) is 30.4 Å². The molecule has 27 heavy (non-hydrogen) atoms. The highest BCUT2D eigenvalue weighted by molar-refractivity contribution is 7.89. The fourth-order valence-corrected chi connectivity index (χ4v) is 4.39. The normalized spacial score (nSPS) is 16.0. The maximum Gasteiger partial charge on any atom is 0.253 e. The number of anilines is 1. The SMILES string of the molecule is O=S(=O)(c1ccc(F)c(Cl)c1)N1CCN(c2c(F)c(F)nc(F)c2F)CC1. The topological polar surface area (TPSA) is 53.5 Å². The second kappa shape index (κ2) is 7.21. The van der Waals surface area contributed by atoms with Crippen molar-refractivity contribution in [1.82, 2.24) is 9.29 Å². The largest absolute Gasteiger partial charge is 0.364 e. The first-order valence-corrected chi connectivity index (χ1v) is 9.35. The van der Waals surface area contributed by atoms with E-state index in [1.54, 1.807) is 0 Å². The van der Waals surface area contributed by atoms with Crippen LogP contribution in [0.15, 0.2) is 23.1 Å². The highest BCUT2D eigenvalue weighted by Gasteiger charge is 2.32. The van der Waals surface area contributed by atoms with Gasteiger partial charge in [0.1, 0.15) is 11.5 Å². The minimum Gasteiger partial charge on any atom is -0.364 e. The lowest BCUT2D eigenvalue weighted by Gasteiger charge is -2.35. The van der Waals surface area contributed by atoms with Crippen molar-refractivity contribution in [2.45, 2.75) is 4.90 Å². The molecule has 0 unspecified atom stereocenters. The number of nitrogens with zero attached hydrogens (tertiary/aromatic N) is 3. The van der Waals surface area contributed by atoms with Crippen molar-refractivity contribution in [1.29, 1.82) is 0 Å². The number of hydrogen-bond donors (Lipinski definition) is 0. The van der Waals surface area contributed by atoms with Crippen LogP contribution in [0.5, 0.6) is 0 Å². The number of hydrogen-bond acceptors (Lipinski definition) is 4. The van der Waals surface area contributed by atoms with Crippen LogP contribution in [0.3, 0.4) is 0 Å². The number of halogens is 6. The summed E-state index contributed by atoms with van der Waals surface area (Å²) in [7, 11) is -4.04. The van der Waals surface area contributed by atoms with Gasteiger partial charge in [0.25, 0.3) is 11.9 Å². The Balaban J connectivity index is 1.82. The van der Waals surface area contributed by atoms with E-state index in [-0.39, 0.29) is 36.1 Å². The molecule has 0 amide bonds. The molecule has 1 fully saturated rings. The average Bonchev–Trinajstić information content (AvgIpc) is 2.63. The van der Waals surface area contributed by atoms with Crippen molar-refractivity contribution < 1.29 is 30.4 Å². The van der Waals surface area contributed by atoms with E-state index in [0.29, 0.717) is 0 Å². The smallest absolute Gasteiger partial charge is 0.253 e. The fraction of sp³-hybridized carbons (Fsp3) is 0.267. The molecule has 1 aliphatic heterocycles. The molecule has 1 aromatic heterocycles. The van der Waals surface area contributed by atoms with Gasteiger partial charge in [0.15, 0.2) is 0 Å². The molecule has 5 nitrogen and oxygen atoms in total. The van der Waals surface area contributed by atoms with Gasteiger partial charge >= 0.3 is 0 Å². The number of sulfonamides is 1. The maximum absolute atomic E-state index is 13.8. The van der Waals surface area contributed by atoms with Gasteiger partial charge in [-0.1, -0.05) is 11.6 Å². The molecule has 146 valence electrons. The lowest BCUT2D eigenvalue weighted by molar-refractivity contribution is 0.369. The molecule has 2 aromatic rings. The van der Waals surface area contributed by atoms with Crippen LogP contribution in [0.4, 0.5) is 27.6 Å². The Bertz CT molecular complexity index is 971. The number of pyridine rings is 1. The van der Waals surface area contributed by atoms with Crippen LogP contribution in [0.2, 0.25) is 5.02 Å². The van der Waals surface area contributed by atoms with E-state index in [1.807, 2.05) is 0 Å². The van der Waals surface area contributed by atoms with Crippen molar-refractivity contribution in [3.63, 3.8) is 0 Å². The lowest BCUT2D eigenvalue weighted by Crippen LogP contribution is -2.49. The van der Waals surface area contributed by atoms with E-state index in [1.165, 1.54) is 0 Å². The van der Waals surface area contributed by atoms with E-state index in [2.05, 4.69) is 4.98 Å². The quantitative estimate of drug-likeness (QED) is 0.558. The molecule has 1 aromatic carbocycles. The molecule has 0 N–H and O–H groups in total. The zero-order valence-corrected chi connectivity index (χ0v) is 15.0. The second-order valence-corrected chi connectivity index (χ2v) is 7.98. The van der Waals surface area contributed by atoms with Gasteiger partial charge in [0.2, 0.25) is 21.7 Å². The van der Waals surface area contributed by atoms with E-state index in [0.717, 1.165) is 27.4 Å². The van der Waals surface area contributed by atoms with Crippen molar-refractivity contribution in [2.24, 2.45) is 0 Å². The molecule has 3 rings (SSSR count). The number of aromatic nitrogens is 1. The Morgan fingerprint density at radius 3 is 2.00 bits per heavy atom. The first-order chi connectivity index (χ1) is 12.6. The average molecular weight is 428 g/mol. The molecule has 0 bridgehead atoms. The fourth-order valence-electron chi connectivity index (χ4n) is 2.69. The Morgan fingerprint density at radius 2 is 1.48 bits per heavy atom. The van der Waals surface area contributed by atoms with Crippen LogP contribution >= 0.6 is 11.6 Å². The monoisotopic (exact) mass is 427 g/mol.